The lowest BCUT2D eigenvalue weighted by atomic mass is 10.2. The van der Waals surface area contributed by atoms with Crippen LogP contribution in [-0.4, -0.2) is 19.9 Å². The van der Waals surface area contributed by atoms with E-state index in [9.17, 15) is 0 Å². The first-order valence-corrected chi connectivity index (χ1v) is 6.00. The Kier molecular flexibility index (Phi) is 6.31. The molecule has 2 heteroatoms. The predicted octanol–water partition coefficient (Wildman–Crippen LogP) is 3.69. The van der Waals surface area contributed by atoms with Crippen LogP contribution < -0.4 is 4.74 Å². The molecule has 2 nitrogen and oxygen atoms in total. The lowest BCUT2D eigenvalue weighted by molar-refractivity contribution is 0.415. The Bertz CT molecular complexity index is 303. The Morgan fingerprint density at radius 1 is 1.12 bits per heavy atom. The number of benzene rings is 1. The molecule has 0 atom stereocenters. The molecule has 88 valence electrons. The molecule has 0 N–H and O–H groups in total. The van der Waals surface area contributed by atoms with E-state index in [1.807, 2.05) is 30.5 Å². The van der Waals surface area contributed by atoms with Crippen LogP contribution >= 0.6 is 0 Å². The van der Waals surface area contributed by atoms with Crippen LogP contribution in [0.4, 0.5) is 0 Å². The highest BCUT2D eigenvalue weighted by Gasteiger charge is 1.90. The zero-order valence-electron chi connectivity index (χ0n) is 10.3. The van der Waals surface area contributed by atoms with Crippen LogP contribution in [0.3, 0.4) is 0 Å². The van der Waals surface area contributed by atoms with Gasteiger partial charge < -0.3 is 4.74 Å². The van der Waals surface area contributed by atoms with Crippen molar-refractivity contribution in [3.8, 4) is 5.75 Å². The average Bonchev–Trinajstić information content (AvgIpc) is 2.34. The minimum absolute atomic E-state index is 0.889. The number of hydrogen-bond donors (Lipinski definition) is 0. The van der Waals surface area contributed by atoms with Gasteiger partial charge in [0, 0.05) is 12.8 Å². The molecule has 16 heavy (non-hydrogen) atoms. The Hall–Kier alpha value is -1.31. The first-order valence-electron chi connectivity index (χ1n) is 6.00. The molecular formula is C14H21NO. The third kappa shape index (κ3) is 4.96. The second-order valence-electron chi connectivity index (χ2n) is 3.87. The summed E-state index contributed by atoms with van der Waals surface area (Å²) in [5, 5.41) is 0. The summed E-state index contributed by atoms with van der Waals surface area (Å²) in [6.07, 6.45) is 7.02. The summed E-state index contributed by atoms with van der Waals surface area (Å²) in [7, 11) is 1.68. The highest BCUT2D eigenvalue weighted by molar-refractivity contribution is 5.79. The average molecular weight is 219 g/mol. The topological polar surface area (TPSA) is 21.6 Å². The number of rotatable bonds is 7. The maximum atomic E-state index is 5.09. The van der Waals surface area contributed by atoms with E-state index in [1.54, 1.807) is 7.11 Å². The van der Waals surface area contributed by atoms with Crippen molar-refractivity contribution in [1.29, 1.82) is 0 Å². The molecule has 0 fully saturated rings. The normalized spacial score (nSPS) is 10.9. The lowest BCUT2D eigenvalue weighted by Gasteiger charge is -1.99. The molecule has 0 spiro atoms. The Morgan fingerprint density at radius 2 is 1.88 bits per heavy atom. The van der Waals surface area contributed by atoms with E-state index in [0.29, 0.717) is 0 Å². The fourth-order valence-corrected chi connectivity index (χ4v) is 1.49. The van der Waals surface area contributed by atoms with Crippen molar-refractivity contribution in [3.05, 3.63) is 29.8 Å². The van der Waals surface area contributed by atoms with Gasteiger partial charge in [0.1, 0.15) is 5.75 Å². The molecule has 0 heterocycles. The third-order valence-electron chi connectivity index (χ3n) is 2.50. The maximum absolute atomic E-state index is 5.09. The predicted molar refractivity (Wildman–Crippen MR) is 69.6 cm³/mol. The Labute approximate surface area is 98.4 Å². The van der Waals surface area contributed by atoms with E-state index in [2.05, 4.69) is 11.9 Å². The van der Waals surface area contributed by atoms with Gasteiger partial charge in [-0.3, -0.25) is 4.99 Å². The molecule has 1 aromatic rings. The molecule has 0 amide bonds. The van der Waals surface area contributed by atoms with Crippen molar-refractivity contribution in [2.45, 2.75) is 32.6 Å². The number of methoxy groups -OCH3 is 1. The molecular weight excluding hydrogens is 198 g/mol. The fraction of sp³-hybridized carbons (Fsp3) is 0.500. The summed E-state index contributed by atoms with van der Waals surface area (Å²) >= 11 is 0. The van der Waals surface area contributed by atoms with Crippen molar-refractivity contribution in [3.63, 3.8) is 0 Å². The summed E-state index contributed by atoms with van der Waals surface area (Å²) in [4.78, 5) is 4.40. The summed E-state index contributed by atoms with van der Waals surface area (Å²) < 4.78 is 5.09. The number of nitrogens with zero attached hydrogens (tertiary/aromatic N) is 1. The summed E-state index contributed by atoms with van der Waals surface area (Å²) in [5.74, 6) is 0.889. The van der Waals surface area contributed by atoms with Crippen LogP contribution in [0.15, 0.2) is 29.3 Å². The molecule has 0 saturated carbocycles. The third-order valence-corrected chi connectivity index (χ3v) is 2.50. The molecule has 1 rings (SSSR count). The zero-order valence-corrected chi connectivity index (χ0v) is 10.3. The van der Waals surface area contributed by atoms with Gasteiger partial charge in [0.2, 0.25) is 0 Å². The van der Waals surface area contributed by atoms with Crippen molar-refractivity contribution in [1.82, 2.24) is 0 Å². The van der Waals surface area contributed by atoms with Gasteiger partial charge in [-0.15, -0.1) is 0 Å². The minimum Gasteiger partial charge on any atom is -0.497 e. The van der Waals surface area contributed by atoms with E-state index in [1.165, 1.54) is 25.7 Å². The second-order valence-corrected chi connectivity index (χ2v) is 3.87. The Morgan fingerprint density at radius 3 is 2.50 bits per heavy atom. The number of hydrogen-bond acceptors (Lipinski definition) is 2. The monoisotopic (exact) mass is 219 g/mol. The van der Waals surface area contributed by atoms with E-state index < -0.39 is 0 Å². The van der Waals surface area contributed by atoms with E-state index >= 15 is 0 Å². The van der Waals surface area contributed by atoms with Crippen LogP contribution in [-0.2, 0) is 0 Å². The lowest BCUT2D eigenvalue weighted by Crippen LogP contribution is -1.87. The zero-order chi connectivity index (χ0) is 11.6. The van der Waals surface area contributed by atoms with Crippen molar-refractivity contribution >= 4 is 6.21 Å². The standard InChI is InChI=1S/C14H21NO/c1-3-4-5-6-11-15-12-13-7-9-14(16-2)10-8-13/h7-10,12H,3-6,11H2,1-2H3/b15-12+. The van der Waals surface area contributed by atoms with Gasteiger partial charge in [-0.1, -0.05) is 26.2 Å². The van der Waals surface area contributed by atoms with Gasteiger partial charge >= 0.3 is 0 Å². The van der Waals surface area contributed by atoms with E-state index in [4.69, 9.17) is 4.74 Å². The highest BCUT2D eigenvalue weighted by Crippen LogP contribution is 2.09. The molecule has 0 aliphatic carbocycles. The van der Waals surface area contributed by atoms with Gasteiger partial charge in [-0.2, -0.15) is 0 Å². The molecule has 0 aliphatic rings. The number of aliphatic imine (C=N–C) groups is 1. The molecule has 0 saturated heterocycles. The maximum Gasteiger partial charge on any atom is 0.118 e. The van der Waals surface area contributed by atoms with E-state index in [0.717, 1.165) is 17.9 Å². The molecule has 0 aromatic heterocycles. The first kappa shape index (κ1) is 12.8. The quantitative estimate of drug-likeness (QED) is 0.506. The molecule has 0 bridgehead atoms. The minimum atomic E-state index is 0.889. The van der Waals surface area contributed by atoms with Gasteiger partial charge in [0.15, 0.2) is 0 Å². The summed E-state index contributed by atoms with van der Waals surface area (Å²) in [6.45, 7) is 3.16. The molecule has 1 aromatic carbocycles. The number of unbranched alkanes of at least 4 members (excludes halogenated alkanes) is 3. The first-order chi connectivity index (χ1) is 7.86. The SMILES string of the molecule is CCCCCC/N=C/c1ccc(OC)cc1. The van der Waals surface area contributed by atoms with Crippen LogP contribution in [0.25, 0.3) is 0 Å². The van der Waals surface area contributed by atoms with Crippen LogP contribution in [0.2, 0.25) is 0 Å². The largest absolute Gasteiger partial charge is 0.497 e. The van der Waals surface area contributed by atoms with Gasteiger partial charge in [0.05, 0.1) is 7.11 Å². The van der Waals surface area contributed by atoms with Crippen molar-refractivity contribution in [2.75, 3.05) is 13.7 Å². The van der Waals surface area contributed by atoms with Crippen LogP contribution in [0.1, 0.15) is 38.2 Å². The van der Waals surface area contributed by atoms with Crippen molar-refractivity contribution < 1.29 is 4.74 Å². The van der Waals surface area contributed by atoms with Gasteiger partial charge in [-0.25, -0.2) is 0 Å². The molecule has 0 unspecified atom stereocenters. The van der Waals surface area contributed by atoms with Crippen LogP contribution in [0, 0.1) is 0 Å². The highest BCUT2D eigenvalue weighted by atomic mass is 16.5. The summed E-state index contributed by atoms with van der Waals surface area (Å²) in [5.41, 5.74) is 1.14. The van der Waals surface area contributed by atoms with Gasteiger partial charge in [0.25, 0.3) is 0 Å². The van der Waals surface area contributed by atoms with Gasteiger partial charge in [-0.05, 0) is 36.2 Å². The van der Waals surface area contributed by atoms with Crippen LogP contribution in [0.5, 0.6) is 5.75 Å². The summed E-state index contributed by atoms with van der Waals surface area (Å²) in [6, 6.07) is 7.96. The number of ether oxygens (including phenoxy) is 1. The smallest absolute Gasteiger partial charge is 0.118 e. The van der Waals surface area contributed by atoms with E-state index in [-0.39, 0.29) is 0 Å². The van der Waals surface area contributed by atoms with Crippen molar-refractivity contribution in [2.24, 2.45) is 4.99 Å². The fourth-order valence-electron chi connectivity index (χ4n) is 1.49. The second kappa shape index (κ2) is 7.91. The molecule has 0 radical (unpaired) electrons. The Balaban J connectivity index is 2.27. The molecule has 0 aliphatic heterocycles.